The van der Waals surface area contributed by atoms with E-state index in [4.69, 9.17) is 9.15 Å². The summed E-state index contributed by atoms with van der Waals surface area (Å²) in [6.45, 7) is 5.28. The van der Waals surface area contributed by atoms with Gasteiger partial charge in [0.15, 0.2) is 0 Å². The fourth-order valence-electron chi connectivity index (χ4n) is 2.04. The van der Waals surface area contributed by atoms with Crippen LogP contribution in [0, 0.1) is 0 Å². The van der Waals surface area contributed by atoms with E-state index in [0.717, 1.165) is 32.5 Å². The summed E-state index contributed by atoms with van der Waals surface area (Å²) < 4.78 is 11.2. The molecule has 0 spiro atoms. The normalized spacial score (nSPS) is 17.6. The van der Waals surface area contributed by atoms with E-state index >= 15 is 0 Å². The van der Waals surface area contributed by atoms with Crippen LogP contribution in [0.1, 0.15) is 25.7 Å². The van der Waals surface area contributed by atoms with Crippen LogP contribution in [0.2, 0.25) is 0 Å². The van der Waals surface area contributed by atoms with Crippen molar-refractivity contribution in [1.29, 1.82) is 0 Å². The van der Waals surface area contributed by atoms with Crippen molar-refractivity contribution in [2.75, 3.05) is 31.6 Å². The molecule has 0 bridgehead atoms. The van der Waals surface area contributed by atoms with Crippen LogP contribution < -0.4 is 10.2 Å². The van der Waals surface area contributed by atoms with Gasteiger partial charge in [0.25, 0.3) is 0 Å². The highest BCUT2D eigenvalue weighted by molar-refractivity contribution is 5.24. The molecule has 1 fully saturated rings. The molecule has 2 rings (SSSR count). The fraction of sp³-hybridized carbons (Fsp3) is 0.818. The van der Waals surface area contributed by atoms with Crippen molar-refractivity contribution in [3.63, 3.8) is 0 Å². The molecule has 1 aliphatic rings. The van der Waals surface area contributed by atoms with E-state index in [9.17, 15) is 0 Å². The van der Waals surface area contributed by atoms with Gasteiger partial charge in [0.05, 0.1) is 12.6 Å². The Hall–Kier alpha value is -1.14. The van der Waals surface area contributed by atoms with Crippen LogP contribution in [0.4, 0.5) is 6.01 Å². The topological polar surface area (TPSA) is 63.4 Å². The summed E-state index contributed by atoms with van der Waals surface area (Å²) in [6, 6.07) is 0.630. The van der Waals surface area contributed by atoms with Gasteiger partial charge in [0, 0.05) is 19.7 Å². The molecule has 6 nitrogen and oxygen atoms in total. The van der Waals surface area contributed by atoms with Crippen molar-refractivity contribution >= 4 is 6.01 Å². The minimum absolute atomic E-state index is 0.385. The summed E-state index contributed by atoms with van der Waals surface area (Å²) >= 11 is 0. The molecule has 0 aliphatic carbocycles. The quantitative estimate of drug-likeness (QED) is 0.821. The molecule has 0 amide bonds. The molecule has 0 unspecified atom stereocenters. The van der Waals surface area contributed by atoms with Crippen LogP contribution in [0.5, 0.6) is 0 Å². The molecule has 1 aliphatic heterocycles. The van der Waals surface area contributed by atoms with Crippen molar-refractivity contribution < 1.29 is 9.15 Å². The molecule has 0 atom stereocenters. The molecule has 0 aromatic carbocycles. The summed E-state index contributed by atoms with van der Waals surface area (Å²) in [4.78, 5) is 2.13. The number of piperidine rings is 1. The third-order valence-electron chi connectivity index (χ3n) is 2.90. The van der Waals surface area contributed by atoms with Gasteiger partial charge in [-0.3, -0.25) is 0 Å². The lowest BCUT2D eigenvalue weighted by molar-refractivity contribution is 0.0453. The van der Waals surface area contributed by atoms with E-state index in [1.807, 2.05) is 14.0 Å². The van der Waals surface area contributed by atoms with Gasteiger partial charge in [0.1, 0.15) is 0 Å². The Labute approximate surface area is 101 Å². The SMILES string of the molecule is CCOC1CCN(c2nnc(CNC)o2)CC1. The number of nitrogens with one attached hydrogen (secondary N) is 1. The first-order chi connectivity index (χ1) is 8.33. The zero-order chi connectivity index (χ0) is 12.1. The van der Waals surface area contributed by atoms with Gasteiger partial charge in [-0.15, -0.1) is 5.10 Å². The van der Waals surface area contributed by atoms with Crippen molar-refractivity contribution in [3.05, 3.63) is 5.89 Å². The monoisotopic (exact) mass is 240 g/mol. The second kappa shape index (κ2) is 5.97. The minimum atomic E-state index is 0.385. The maximum absolute atomic E-state index is 5.61. The number of rotatable bonds is 5. The van der Waals surface area contributed by atoms with Crippen LogP contribution >= 0.6 is 0 Å². The third-order valence-corrected chi connectivity index (χ3v) is 2.90. The van der Waals surface area contributed by atoms with E-state index < -0.39 is 0 Å². The molecule has 1 saturated heterocycles. The predicted molar refractivity (Wildman–Crippen MR) is 63.9 cm³/mol. The Morgan fingerprint density at radius 2 is 2.18 bits per heavy atom. The zero-order valence-electron chi connectivity index (χ0n) is 10.5. The molecule has 2 heterocycles. The number of nitrogens with zero attached hydrogens (tertiary/aromatic N) is 3. The van der Waals surface area contributed by atoms with Gasteiger partial charge in [0.2, 0.25) is 5.89 Å². The predicted octanol–water partition coefficient (Wildman–Crippen LogP) is 0.794. The van der Waals surface area contributed by atoms with Gasteiger partial charge in [-0.2, -0.15) is 0 Å². The van der Waals surface area contributed by atoms with Crippen LogP contribution in [-0.2, 0) is 11.3 Å². The van der Waals surface area contributed by atoms with Gasteiger partial charge in [-0.25, -0.2) is 0 Å². The van der Waals surface area contributed by atoms with Gasteiger partial charge < -0.3 is 19.4 Å². The van der Waals surface area contributed by atoms with E-state index in [-0.39, 0.29) is 0 Å². The minimum Gasteiger partial charge on any atom is -0.407 e. The third kappa shape index (κ3) is 3.17. The molecule has 1 aromatic heterocycles. The number of anilines is 1. The average molecular weight is 240 g/mol. The summed E-state index contributed by atoms with van der Waals surface area (Å²) in [6.07, 6.45) is 2.44. The second-order valence-corrected chi connectivity index (χ2v) is 4.15. The van der Waals surface area contributed by atoms with Gasteiger partial charge in [-0.1, -0.05) is 5.10 Å². The number of hydrogen-bond donors (Lipinski definition) is 1. The maximum atomic E-state index is 5.61. The Morgan fingerprint density at radius 3 is 2.82 bits per heavy atom. The lowest BCUT2D eigenvalue weighted by Crippen LogP contribution is -2.37. The first-order valence-corrected chi connectivity index (χ1v) is 6.17. The molecule has 6 heteroatoms. The molecular formula is C11H20N4O2. The Balaban J connectivity index is 1.86. The fourth-order valence-corrected chi connectivity index (χ4v) is 2.04. The van der Waals surface area contributed by atoms with Crippen LogP contribution in [-0.4, -0.2) is 43.0 Å². The summed E-state index contributed by atoms with van der Waals surface area (Å²) in [5.74, 6) is 0.634. The molecule has 1 aromatic rings. The number of aromatic nitrogens is 2. The van der Waals surface area contributed by atoms with Crippen molar-refractivity contribution in [1.82, 2.24) is 15.5 Å². The Morgan fingerprint density at radius 1 is 1.41 bits per heavy atom. The van der Waals surface area contributed by atoms with Crippen molar-refractivity contribution in [2.45, 2.75) is 32.4 Å². The molecule has 17 heavy (non-hydrogen) atoms. The lowest BCUT2D eigenvalue weighted by Gasteiger charge is -2.30. The largest absolute Gasteiger partial charge is 0.407 e. The van der Waals surface area contributed by atoms with Gasteiger partial charge in [-0.05, 0) is 26.8 Å². The molecule has 0 saturated carbocycles. The standard InChI is InChI=1S/C11H20N4O2/c1-3-16-9-4-6-15(7-5-9)11-14-13-10(17-11)8-12-2/h9,12H,3-8H2,1-2H3. The highest BCUT2D eigenvalue weighted by atomic mass is 16.5. The molecule has 0 radical (unpaired) electrons. The maximum Gasteiger partial charge on any atom is 0.318 e. The smallest absolute Gasteiger partial charge is 0.318 e. The second-order valence-electron chi connectivity index (χ2n) is 4.15. The van der Waals surface area contributed by atoms with Gasteiger partial charge >= 0.3 is 6.01 Å². The van der Waals surface area contributed by atoms with Crippen LogP contribution in [0.25, 0.3) is 0 Å². The van der Waals surface area contributed by atoms with Crippen LogP contribution in [0.3, 0.4) is 0 Å². The highest BCUT2D eigenvalue weighted by Gasteiger charge is 2.22. The van der Waals surface area contributed by atoms with E-state index in [0.29, 0.717) is 24.6 Å². The van der Waals surface area contributed by atoms with E-state index in [1.54, 1.807) is 0 Å². The molecule has 1 N–H and O–H groups in total. The summed E-state index contributed by atoms with van der Waals surface area (Å²) in [5, 5.41) is 11.0. The average Bonchev–Trinajstić information content (AvgIpc) is 2.80. The molecule has 96 valence electrons. The van der Waals surface area contributed by atoms with Crippen molar-refractivity contribution in [3.8, 4) is 0 Å². The summed E-state index contributed by atoms with van der Waals surface area (Å²) in [5.41, 5.74) is 0. The zero-order valence-corrected chi connectivity index (χ0v) is 10.5. The highest BCUT2D eigenvalue weighted by Crippen LogP contribution is 2.20. The number of hydrogen-bond acceptors (Lipinski definition) is 6. The summed E-state index contributed by atoms with van der Waals surface area (Å²) in [7, 11) is 1.86. The lowest BCUT2D eigenvalue weighted by atomic mass is 10.1. The molecular weight excluding hydrogens is 220 g/mol. The van der Waals surface area contributed by atoms with E-state index in [2.05, 4.69) is 20.4 Å². The van der Waals surface area contributed by atoms with Crippen molar-refractivity contribution in [2.24, 2.45) is 0 Å². The Bertz CT molecular complexity index is 334. The number of ether oxygens (including phenoxy) is 1. The Kier molecular flexibility index (Phi) is 4.33. The first kappa shape index (κ1) is 12.3. The van der Waals surface area contributed by atoms with E-state index in [1.165, 1.54) is 0 Å². The van der Waals surface area contributed by atoms with Crippen LogP contribution in [0.15, 0.2) is 4.42 Å². The first-order valence-electron chi connectivity index (χ1n) is 6.17.